The van der Waals surface area contributed by atoms with Crippen LogP contribution < -0.4 is 10.6 Å². The van der Waals surface area contributed by atoms with Crippen molar-refractivity contribution in [1.82, 2.24) is 10.6 Å². The summed E-state index contributed by atoms with van der Waals surface area (Å²) in [5.41, 5.74) is 2.18. The van der Waals surface area contributed by atoms with Crippen LogP contribution in [0.5, 0.6) is 0 Å². The molecule has 0 aromatic heterocycles. The van der Waals surface area contributed by atoms with E-state index in [0.717, 1.165) is 11.1 Å². The maximum Gasteiger partial charge on any atom is 0.325 e. The van der Waals surface area contributed by atoms with Crippen molar-refractivity contribution in [1.29, 1.82) is 0 Å². The van der Waals surface area contributed by atoms with Crippen LogP contribution >= 0.6 is 0 Å². The van der Waals surface area contributed by atoms with Gasteiger partial charge in [0.1, 0.15) is 13.2 Å². The minimum Gasteiger partial charge on any atom is -0.460 e. The number of nitrogens with one attached hydrogen (secondary N) is 2. The summed E-state index contributed by atoms with van der Waals surface area (Å²) in [5, 5.41) is 4.89. The Morgan fingerprint density at radius 3 is 2.04 bits per heavy atom. The van der Waals surface area contributed by atoms with E-state index in [4.69, 9.17) is 4.74 Å². The van der Waals surface area contributed by atoms with E-state index >= 15 is 0 Å². The average Bonchev–Trinajstić information content (AvgIpc) is 2.70. The quantitative estimate of drug-likeness (QED) is 0.523. The Labute approximate surface area is 158 Å². The van der Waals surface area contributed by atoms with Crippen molar-refractivity contribution in [3.8, 4) is 0 Å². The molecule has 0 atom stereocenters. The molecule has 0 unspecified atom stereocenters. The highest BCUT2D eigenvalue weighted by Crippen LogP contribution is 2.06. The molecule has 0 radical (unpaired) electrons. The molecule has 6 nitrogen and oxygen atoms in total. The zero-order valence-electron chi connectivity index (χ0n) is 14.9. The first-order chi connectivity index (χ1) is 13.0. The molecule has 0 fully saturated rings. The first-order valence-corrected chi connectivity index (χ1v) is 8.50. The summed E-state index contributed by atoms with van der Waals surface area (Å²) in [6.45, 7) is 3.39. The van der Waals surface area contributed by atoms with Crippen LogP contribution in [-0.2, 0) is 32.1 Å². The Balaban J connectivity index is 1.63. The van der Waals surface area contributed by atoms with Gasteiger partial charge in [0, 0.05) is 12.0 Å². The lowest BCUT2D eigenvalue weighted by molar-refractivity contribution is -0.145. The van der Waals surface area contributed by atoms with Crippen LogP contribution in [0.15, 0.2) is 72.8 Å². The number of rotatable bonds is 9. The lowest BCUT2D eigenvalue weighted by Gasteiger charge is -2.09. The molecule has 0 aliphatic rings. The summed E-state index contributed by atoms with van der Waals surface area (Å²) in [6.07, 6.45) is 0.403. The van der Waals surface area contributed by atoms with E-state index in [0.29, 0.717) is 12.0 Å². The average molecular weight is 366 g/mol. The van der Waals surface area contributed by atoms with Gasteiger partial charge in [-0.1, -0.05) is 67.2 Å². The summed E-state index contributed by atoms with van der Waals surface area (Å²) < 4.78 is 5.05. The lowest BCUT2D eigenvalue weighted by Crippen LogP contribution is -2.39. The van der Waals surface area contributed by atoms with Gasteiger partial charge < -0.3 is 15.4 Å². The maximum atomic E-state index is 12.0. The Kier molecular flexibility index (Phi) is 7.78. The maximum absolute atomic E-state index is 12.0. The SMILES string of the molecule is C=C(Cc1ccccc1)C(=O)NCC(=O)NCC(=O)OCc1ccccc1. The Morgan fingerprint density at radius 1 is 0.815 bits per heavy atom. The fourth-order valence-electron chi connectivity index (χ4n) is 2.23. The second-order valence-corrected chi connectivity index (χ2v) is 5.87. The van der Waals surface area contributed by atoms with Gasteiger partial charge in [0.15, 0.2) is 0 Å². The molecule has 0 saturated heterocycles. The van der Waals surface area contributed by atoms with E-state index in [9.17, 15) is 14.4 Å². The van der Waals surface area contributed by atoms with Crippen molar-refractivity contribution in [2.45, 2.75) is 13.0 Å². The first kappa shape index (κ1) is 19.9. The molecule has 27 heavy (non-hydrogen) atoms. The smallest absolute Gasteiger partial charge is 0.325 e. The number of esters is 1. The molecule has 2 N–H and O–H groups in total. The van der Waals surface area contributed by atoms with E-state index in [1.807, 2.05) is 60.7 Å². The number of hydrogen-bond acceptors (Lipinski definition) is 4. The van der Waals surface area contributed by atoms with Gasteiger partial charge in [-0.15, -0.1) is 0 Å². The molecule has 0 saturated carbocycles. The molecule has 2 amide bonds. The normalized spacial score (nSPS) is 9.93. The van der Waals surface area contributed by atoms with Crippen LogP contribution in [0.3, 0.4) is 0 Å². The summed E-state index contributed by atoms with van der Waals surface area (Å²) in [7, 11) is 0. The highest BCUT2D eigenvalue weighted by atomic mass is 16.5. The molecule has 0 aliphatic heterocycles. The third-order valence-electron chi connectivity index (χ3n) is 3.66. The molecular formula is C21H22N2O4. The molecule has 0 bridgehead atoms. The molecule has 2 rings (SSSR count). The third-order valence-corrected chi connectivity index (χ3v) is 3.66. The van der Waals surface area contributed by atoms with Gasteiger partial charge in [-0.3, -0.25) is 14.4 Å². The van der Waals surface area contributed by atoms with Gasteiger partial charge in [0.2, 0.25) is 11.8 Å². The van der Waals surface area contributed by atoms with Gasteiger partial charge in [-0.05, 0) is 11.1 Å². The van der Waals surface area contributed by atoms with Crippen molar-refractivity contribution >= 4 is 17.8 Å². The van der Waals surface area contributed by atoms with Crippen LogP contribution in [0.25, 0.3) is 0 Å². The highest BCUT2D eigenvalue weighted by Gasteiger charge is 2.11. The van der Waals surface area contributed by atoms with Crippen LogP contribution in [-0.4, -0.2) is 30.9 Å². The zero-order chi connectivity index (χ0) is 19.5. The van der Waals surface area contributed by atoms with Crippen LogP contribution in [0.4, 0.5) is 0 Å². The van der Waals surface area contributed by atoms with Crippen LogP contribution in [0.1, 0.15) is 11.1 Å². The molecule has 2 aromatic rings. The van der Waals surface area contributed by atoms with E-state index < -0.39 is 17.8 Å². The molecule has 0 heterocycles. The predicted molar refractivity (Wildman–Crippen MR) is 102 cm³/mol. The summed E-state index contributed by atoms with van der Waals surface area (Å²) in [6, 6.07) is 18.7. The zero-order valence-corrected chi connectivity index (χ0v) is 14.9. The fourth-order valence-corrected chi connectivity index (χ4v) is 2.23. The molecule has 0 spiro atoms. The Morgan fingerprint density at radius 2 is 1.41 bits per heavy atom. The molecule has 0 aliphatic carbocycles. The Hall–Kier alpha value is -3.41. The molecule has 140 valence electrons. The monoisotopic (exact) mass is 366 g/mol. The second-order valence-electron chi connectivity index (χ2n) is 5.87. The van der Waals surface area contributed by atoms with Gasteiger partial charge >= 0.3 is 5.97 Å². The van der Waals surface area contributed by atoms with Crippen molar-refractivity contribution in [3.63, 3.8) is 0 Å². The standard InChI is InChI=1S/C21H22N2O4/c1-16(12-17-8-4-2-5-9-17)21(26)23-13-19(24)22-14-20(25)27-15-18-10-6-3-7-11-18/h2-11H,1,12-15H2,(H,22,24)(H,23,26). The van der Waals surface area contributed by atoms with E-state index in [-0.39, 0.29) is 19.7 Å². The van der Waals surface area contributed by atoms with Gasteiger partial charge in [0.25, 0.3) is 0 Å². The minimum atomic E-state index is -0.549. The van der Waals surface area contributed by atoms with Crippen LogP contribution in [0, 0.1) is 0 Å². The largest absolute Gasteiger partial charge is 0.460 e. The van der Waals surface area contributed by atoms with Crippen molar-refractivity contribution < 1.29 is 19.1 Å². The van der Waals surface area contributed by atoms with Gasteiger partial charge in [-0.2, -0.15) is 0 Å². The molecule has 6 heteroatoms. The summed E-state index contributed by atoms with van der Waals surface area (Å²) in [4.78, 5) is 35.3. The lowest BCUT2D eigenvalue weighted by atomic mass is 10.1. The van der Waals surface area contributed by atoms with Crippen molar-refractivity contribution in [3.05, 3.63) is 83.9 Å². The number of amides is 2. The Bertz CT molecular complexity index is 788. The van der Waals surface area contributed by atoms with Crippen LogP contribution in [0.2, 0.25) is 0 Å². The predicted octanol–water partition coefficient (Wildman–Crippen LogP) is 1.76. The van der Waals surface area contributed by atoms with E-state index in [2.05, 4.69) is 17.2 Å². The number of hydrogen-bond donors (Lipinski definition) is 2. The molecular weight excluding hydrogens is 344 g/mol. The second kappa shape index (κ2) is 10.6. The first-order valence-electron chi connectivity index (χ1n) is 8.50. The van der Waals surface area contributed by atoms with E-state index in [1.165, 1.54) is 0 Å². The minimum absolute atomic E-state index is 0.144. The number of benzene rings is 2. The van der Waals surface area contributed by atoms with E-state index in [1.54, 1.807) is 0 Å². The summed E-state index contributed by atoms with van der Waals surface area (Å²) in [5.74, 6) is -1.43. The number of ether oxygens (including phenoxy) is 1. The number of carbonyl (C=O) groups excluding carboxylic acids is 3. The highest BCUT2D eigenvalue weighted by molar-refractivity contribution is 5.95. The fraction of sp³-hybridized carbons (Fsp3) is 0.190. The third kappa shape index (κ3) is 7.56. The molecule has 2 aromatic carbocycles. The van der Waals surface area contributed by atoms with Gasteiger partial charge in [0.05, 0.1) is 6.54 Å². The van der Waals surface area contributed by atoms with Gasteiger partial charge in [-0.25, -0.2) is 0 Å². The van der Waals surface area contributed by atoms with Crippen molar-refractivity contribution in [2.75, 3.05) is 13.1 Å². The topological polar surface area (TPSA) is 84.5 Å². The number of carbonyl (C=O) groups is 3. The van der Waals surface area contributed by atoms with Crippen molar-refractivity contribution in [2.24, 2.45) is 0 Å². The summed E-state index contributed by atoms with van der Waals surface area (Å²) >= 11 is 0.